The number of hydrogen-bond donors (Lipinski definition) is 0. The fourth-order valence-corrected chi connectivity index (χ4v) is 3.73. The molecule has 92 valence electrons. The number of sulfone groups is 1. The van der Waals surface area contributed by atoms with Crippen molar-refractivity contribution >= 4 is 15.5 Å². The second-order valence-corrected chi connectivity index (χ2v) is 6.34. The van der Waals surface area contributed by atoms with E-state index in [1.807, 2.05) is 0 Å². The molecule has 0 unspecified atom stereocenters. The van der Waals surface area contributed by atoms with Crippen molar-refractivity contribution in [3.05, 3.63) is 33.9 Å². The molecule has 0 heterocycles. The average molecular weight is 255 g/mol. The molecule has 1 aliphatic carbocycles. The van der Waals surface area contributed by atoms with Crippen LogP contribution in [0.4, 0.5) is 5.69 Å². The number of nitro groups is 1. The van der Waals surface area contributed by atoms with E-state index in [1.54, 1.807) is 6.92 Å². The number of benzene rings is 1. The Morgan fingerprint density at radius 2 is 2.06 bits per heavy atom. The van der Waals surface area contributed by atoms with Crippen molar-refractivity contribution in [3.8, 4) is 0 Å². The summed E-state index contributed by atoms with van der Waals surface area (Å²) >= 11 is 0. The summed E-state index contributed by atoms with van der Waals surface area (Å²) < 4.78 is 24.2. The summed E-state index contributed by atoms with van der Waals surface area (Å²) in [7, 11) is -3.27. The van der Waals surface area contributed by atoms with Gasteiger partial charge in [-0.05, 0) is 30.9 Å². The highest BCUT2D eigenvalue weighted by Gasteiger charge is 2.38. The summed E-state index contributed by atoms with van der Waals surface area (Å²) in [5.41, 5.74) is 0.475. The largest absolute Gasteiger partial charge is 0.269 e. The number of nitrogens with zero attached hydrogens (tertiary/aromatic N) is 1. The van der Waals surface area contributed by atoms with Crippen LogP contribution in [0.15, 0.2) is 23.1 Å². The molecule has 1 saturated carbocycles. The highest BCUT2D eigenvalue weighted by Crippen LogP contribution is 2.35. The van der Waals surface area contributed by atoms with E-state index in [0.717, 1.165) is 0 Å². The topological polar surface area (TPSA) is 77.3 Å². The molecule has 0 aromatic heterocycles. The van der Waals surface area contributed by atoms with Crippen LogP contribution in [0, 0.1) is 10.1 Å². The van der Waals surface area contributed by atoms with Crippen molar-refractivity contribution in [2.75, 3.05) is 0 Å². The maximum Gasteiger partial charge on any atom is 0.269 e. The number of non-ortho nitro benzene ring substituents is 1. The standard InChI is InChI=1S/C11H13NO4S/c1-2-8-7-9(12(13)14)3-6-11(8)17(15,16)10-4-5-10/h3,6-7,10H,2,4-5H2,1H3. The molecule has 0 N–H and O–H groups in total. The lowest BCUT2D eigenvalue weighted by Gasteiger charge is -2.07. The molecule has 2 rings (SSSR count). The van der Waals surface area contributed by atoms with Gasteiger partial charge in [-0.15, -0.1) is 0 Å². The van der Waals surface area contributed by atoms with Gasteiger partial charge in [-0.2, -0.15) is 0 Å². The highest BCUT2D eigenvalue weighted by atomic mass is 32.2. The zero-order valence-electron chi connectivity index (χ0n) is 9.42. The minimum absolute atomic E-state index is 0.0587. The van der Waals surface area contributed by atoms with Gasteiger partial charge in [0.1, 0.15) is 0 Å². The van der Waals surface area contributed by atoms with E-state index in [1.165, 1.54) is 18.2 Å². The van der Waals surface area contributed by atoms with Gasteiger partial charge in [-0.25, -0.2) is 8.42 Å². The molecular formula is C11H13NO4S. The van der Waals surface area contributed by atoms with E-state index >= 15 is 0 Å². The van der Waals surface area contributed by atoms with Crippen LogP contribution in [0.5, 0.6) is 0 Å². The van der Waals surface area contributed by atoms with E-state index in [2.05, 4.69) is 0 Å². The molecule has 0 bridgehead atoms. The summed E-state index contributed by atoms with van der Waals surface area (Å²) in [5, 5.41) is 10.3. The number of rotatable bonds is 4. The quantitative estimate of drug-likeness (QED) is 0.609. The Bertz CT molecular complexity index is 561. The number of aryl methyl sites for hydroxylation is 1. The normalized spacial score (nSPS) is 15.8. The van der Waals surface area contributed by atoms with Gasteiger partial charge >= 0.3 is 0 Å². The van der Waals surface area contributed by atoms with Crippen LogP contribution in [-0.4, -0.2) is 18.6 Å². The first-order valence-electron chi connectivity index (χ1n) is 5.48. The minimum atomic E-state index is -3.27. The molecule has 0 radical (unpaired) electrons. The van der Waals surface area contributed by atoms with E-state index in [-0.39, 0.29) is 15.8 Å². The Hall–Kier alpha value is -1.43. The van der Waals surface area contributed by atoms with Crippen molar-refractivity contribution in [1.82, 2.24) is 0 Å². The SMILES string of the molecule is CCc1cc([N+](=O)[O-])ccc1S(=O)(=O)C1CC1. The van der Waals surface area contributed by atoms with Crippen molar-refractivity contribution in [1.29, 1.82) is 0 Å². The Morgan fingerprint density at radius 3 is 2.53 bits per heavy atom. The van der Waals surface area contributed by atoms with Crippen molar-refractivity contribution in [2.45, 2.75) is 36.3 Å². The molecule has 0 amide bonds. The zero-order valence-corrected chi connectivity index (χ0v) is 10.2. The lowest BCUT2D eigenvalue weighted by Crippen LogP contribution is -2.10. The second-order valence-electron chi connectivity index (χ2n) is 4.15. The predicted molar refractivity (Wildman–Crippen MR) is 62.7 cm³/mol. The average Bonchev–Trinajstić information content (AvgIpc) is 3.12. The van der Waals surface area contributed by atoms with E-state index in [0.29, 0.717) is 24.8 Å². The molecule has 0 spiro atoms. The van der Waals surface area contributed by atoms with E-state index < -0.39 is 14.8 Å². The molecular weight excluding hydrogens is 242 g/mol. The Balaban J connectivity index is 2.51. The Morgan fingerprint density at radius 1 is 1.41 bits per heavy atom. The number of nitro benzene ring substituents is 1. The zero-order chi connectivity index (χ0) is 12.6. The van der Waals surface area contributed by atoms with Crippen LogP contribution in [0.2, 0.25) is 0 Å². The molecule has 17 heavy (non-hydrogen) atoms. The molecule has 6 heteroatoms. The molecule has 1 fully saturated rings. The molecule has 0 aliphatic heterocycles. The maximum absolute atomic E-state index is 12.1. The summed E-state index contributed by atoms with van der Waals surface area (Å²) in [5.74, 6) is 0. The van der Waals surface area contributed by atoms with Crippen LogP contribution in [0.25, 0.3) is 0 Å². The first kappa shape index (κ1) is 12.0. The summed E-state index contributed by atoms with van der Waals surface area (Å²) in [6, 6.07) is 3.98. The van der Waals surface area contributed by atoms with Gasteiger partial charge in [0.25, 0.3) is 5.69 Å². The lowest BCUT2D eigenvalue weighted by atomic mass is 10.1. The van der Waals surface area contributed by atoms with E-state index in [9.17, 15) is 18.5 Å². The molecule has 1 aromatic rings. The monoisotopic (exact) mass is 255 g/mol. The van der Waals surface area contributed by atoms with Crippen molar-refractivity contribution in [3.63, 3.8) is 0 Å². The third-order valence-corrected chi connectivity index (χ3v) is 5.27. The van der Waals surface area contributed by atoms with Gasteiger partial charge in [-0.3, -0.25) is 10.1 Å². The Labute approximate surface area is 99.5 Å². The third-order valence-electron chi connectivity index (χ3n) is 2.91. The van der Waals surface area contributed by atoms with Gasteiger partial charge in [-0.1, -0.05) is 6.92 Å². The number of hydrogen-bond acceptors (Lipinski definition) is 4. The van der Waals surface area contributed by atoms with Gasteiger partial charge in [0, 0.05) is 12.1 Å². The Kier molecular flexibility index (Phi) is 2.91. The van der Waals surface area contributed by atoms with Crippen LogP contribution in [-0.2, 0) is 16.3 Å². The fraction of sp³-hybridized carbons (Fsp3) is 0.455. The fourth-order valence-electron chi connectivity index (χ4n) is 1.79. The van der Waals surface area contributed by atoms with Gasteiger partial charge in [0.2, 0.25) is 0 Å². The summed E-state index contributed by atoms with van der Waals surface area (Å²) in [4.78, 5) is 10.4. The lowest BCUT2D eigenvalue weighted by molar-refractivity contribution is -0.385. The third kappa shape index (κ3) is 2.17. The predicted octanol–water partition coefficient (Wildman–Crippen LogP) is 2.09. The second kappa shape index (κ2) is 4.10. The van der Waals surface area contributed by atoms with Gasteiger partial charge < -0.3 is 0 Å². The molecule has 5 nitrogen and oxygen atoms in total. The first-order chi connectivity index (χ1) is 7.96. The summed E-state index contributed by atoms with van der Waals surface area (Å²) in [6.45, 7) is 1.80. The van der Waals surface area contributed by atoms with E-state index in [4.69, 9.17) is 0 Å². The molecule has 1 aliphatic rings. The van der Waals surface area contributed by atoms with Crippen LogP contribution in [0.3, 0.4) is 0 Å². The van der Waals surface area contributed by atoms with Crippen LogP contribution < -0.4 is 0 Å². The van der Waals surface area contributed by atoms with Crippen LogP contribution >= 0.6 is 0 Å². The van der Waals surface area contributed by atoms with Crippen molar-refractivity contribution in [2.24, 2.45) is 0 Å². The van der Waals surface area contributed by atoms with Gasteiger partial charge in [0.05, 0.1) is 15.1 Å². The smallest absolute Gasteiger partial charge is 0.258 e. The van der Waals surface area contributed by atoms with Crippen molar-refractivity contribution < 1.29 is 13.3 Å². The van der Waals surface area contributed by atoms with Gasteiger partial charge in [0.15, 0.2) is 9.84 Å². The molecule has 0 saturated heterocycles. The molecule has 1 aromatic carbocycles. The minimum Gasteiger partial charge on any atom is -0.258 e. The summed E-state index contributed by atoms with van der Waals surface area (Å²) in [6.07, 6.45) is 1.87. The highest BCUT2D eigenvalue weighted by molar-refractivity contribution is 7.92. The first-order valence-corrected chi connectivity index (χ1v) is 7.02. The maximum atomic E-state index is 12.1. The molecule has 0 atom stereocenters. The van der Waals surface area contributed by atoms with Crippen LogP contribution in [0.1, 0.15) is 25.3 Å².